The third-order valence-electron chi connectivity index (χ3n) is 1.11. The zero-order chi connectivity index (χ0) is 5.86. The van der Waals surface area contributed by atoms with Gasteiger partial charge < -0.3 is 0 Å². The summed E-state index contributed by atoms with van der Waals surface area (Å²) in [7, 11) is 0. The van der Waals surface area contributed by atoms with Crippen molar-refractivity contribution in [2.75, 3.05) is 0 Å². The molecule has 44 valence electrons. The Hall–Kier alpha value is 1.09. The van der Waals surface area contributed by atoms with Gasteiger partial charge in [0.1, 0.15) is 0 Å². The number of alkyl halides is 1. The number of halogens is 1. The zero-order valence-electron chi connectivity index (χ0n) is 5.24. The molecule has 0 amide bonds. The molecule has 0 bridgehead atoms. The summed E-state index contributed by atoms with van der Waals surface area (Å²) in [5.74, 6) is 0. The maximum absolute atomic E-state index is 5.89. The van der Waals surface area contributed by atoms with Gasteiger partial charge in [-0.25, -0.2) is 0 Å². The summed E-state index contributed by atoms with van der Waals surface area (Å²) < 4.78 is 0.585. The fourth-order valence-electron chi connectivity index (χ4n) is 0.471. The van der Waals surface area contributed by atoms with Crippen molar-refractivity contribution in [3.8, 4) is 0 Å². The summed E-state index contributed by atoms with van der Waals surface area (Å²) >= 11 is 4.82. The Bertz CT molecular complexity index is 45.3. The number of hydrogen-bond donors (Lipinski definition) is 0. The first kappa shape index (κ1) is 8.09. The summed E-state index contributed by atoms with van der Waals surface area (Å²) in [6.45, 7) is 2.16. The van der Waals surface area contributed by atoms with Crippen LogP contribution < -0.4 is 0 Å². The van der Waals surface area contributed by atoms with E-state index in [-0.39, 0.29) is 0 Å². The predicted octanol–water partition coefficient (Wildman–Crippen LogP) is 2.03. The Balaban J connectivity index is 3.14. The Morgan fingerprint density at radius 1 is 1.57 bits per heavy atom. The molecule has 0 aromatic heterocycles. The summed E-state index contributed by atoms with van der Waals surface area (Å²) in [5, 5.41) is 0. The summed E-state index contributed by atoms with van der Waals surface area (Å²) in [5.41, 5.74) is 0. The molecular weight excluding hydrogens is 214 g/mol. The Kier molecular flexibility index (Phi) is 4.64. The molecule has 0 aromatic carbocycles. The molecule has 0 radical (unpaired) electrons. The third-order valence-corrected chi connectivity index (χ3v) is 10.3. The SMILES string of the molecule is CC[CH](Cl)[SnH]([CH3])[CH3]. The molecule has 1 unspecified atom stereocenters. The molecule has 0 fully saturated rings. The van der Waals surface area contributed by atoms with Crippen molar-refractivity contribution in [3.63, 3.8) is 0 Å². The predicted molar refractivity (Wildman–Crippen MR) is 38.8 cm³/mol. The second-order valence-electron chi connectivity index (χ2n) is 2.17. The van der Waals surface area contributed by atoms with Crippen LogP contribution >= 0.6 is 11.6 Å². The van der Waals surface area contributed by atoms with Crippen molar-refractivity contribution in [2.24, 2.45) is 0 Å². The van der Waals surface area contributed by atoms with E-state index in [1.165, 1.54) is 6.42 Å². The molecular formula is C5H13ClSn. The number of hydrogen-bond acceptors (Lipinski definition) is 0. The molecule has 1 atom stereocenters. The minimum absolute atomic E-state index is 0.585. The second-order valence-corrected chi connectivity index (χ2v) is 13.3. The first-order valence-corrected chi connectivity index (χ1v) is 11.8. The fourth-order valence-corrected chi connectivity index (χ4v) is 3.16. The average Bonchev–Trinajstić information content (AvgIpc) is 1.65. The van der Waals surface area contributed by atoms with E-state index in [2.05, 4.69) is 16.8 Å². The molecule has 0 rings (SSSR count). The van der Waals surface area contributed by atoms with E-state index < -0.39 is 19.8 Å². The molecule has 0 aromatic rings. The molecule has 0 heterocycles. The van der Waals surface area contributed by atoms with Gasteiger partial charge in [-0.3, -0.25) is 0 Å². The Morgan fingerprint density at radius 3 is 2.00 bits per heavy atom. The van der Waals surface area contributed by atoms with E-state index >= 15 is 0 Å². The van der Waals surface area contributed by atoms with Gasteiger partial charge in [0, 0.05) is 0 Å². The molecule has 0 aliphatic carbocycles. The van der Waals surface area contributed by atoms with E-state index in [1.54, 1.807) is 0 Å². The van der Waals surface area contributed by atoms with E-state index in [0.29, 0.717) is 3.39 Å². The van der Waals surface area contributed by atoms with E-state index in [0.717, 1.165) is 0 Å². The minimum atomic E-state index is -1.08. The van der Waals surface area contributed by atoms with Crippen LogP contribution in [0.3, 0.4) is 0 Å². The quantitative estimate of drug-likeness (QED) is 0.500. The molecule has 0 spiro atoms. The summed E-state index contributed by atoms with van der Waals surface area (Å²) in [6, 6.07) is 0. The molecule has 0 nitrogen and oxygen atoms in total. The standard InChI is InChI=1S/C3H6Cl.2CH3.Sn.H/c1-2-3-4;;;;/h3H,2H2,1H3;2*1H3;;. The van der Waals surface area contributed by atoms with Crippen LogP contribution in [0.2, 0.25) is 9.88 Å². The van der Waals surface area contributed by atoms with Gasteiger partial charge in [0.15, 0.2) is 0 Å². The molecule has 2 heteroatoms. The van der Waals surface area contributed by atoms with Gasteiger partial charge in [-0.05, 0) is 0 Å². The van der Waals surface area contributed by atoms with Gasteiger partial charge in [0.25, 0.3) is 0 Å². The van der Waals surface area contributed by atoms with Gasteiger partial charge in [-0.1, -0.05) is 0 Å². The van der Waals surface area contributed by atoms with Gasteiger partial charge in [-0.2, -0.15) is 0 Å². The second kappa shape index (κ2) is 4.02. The molecule has 0 N–H and O–H groups in total. The first-order valence-electron chi connectivity index (χ1n) is 2.82. The molecule has 0 aliphatic heterocycles. The van der Waals surface area contributed by atoms with E-state index in [1.807, 2.05) is 0 Å². The fraction of sp³-hybridized carbons (Fsp3) is 1.00. The van der Waals surface area contributed by atoms with Crippen LogP contribution in [0.5, 0.6) is 0 Å². The van der Waals surface area contributed by atoms with Crippen molar-refractivity contribution < 1.29 is 0 Å². The molecule has 0 saturated heterocycles. The summed E-state index contributed by atoms with van der Waals surface area (Å²) in [4.78, 5) is 4.70. The van der Waals surface area contributed by atoms with Crippen LogP contribution in [0.4, 0.5) is 0 Å². The van der Waals surface area contributed by atoms with Crippen LogP contribution in [0.25, 0.3) is 0 Å². The maximum atomic E-state index is 5.89. The van der Waals surface area contributed by atoms with Gasteiger partial charge >= 0.3 is 58.0 Å². The van der Waals surface area contributed by atoms with Crippen LogP contribution in [-0.2, 0) is 0 Å². The van der Waals surface area contributed by atoms with Gasteiger partial charge in [0.05, 0.1) is 0 Å². The molecule has 0 aliphatic rings. The van der Waals surface area contributed by atoms with E-state index in [9.17, 15) is 0 Å². The van der Waals surface area contributed by atoms with Crippen molar-refractivity contribution in [1.82, 2.24) is 0 Å². The normalized spacial score (nSPS) is 15.0. The van der Waals surface area contributed by atoms with Crippen LogP contribution in [-0.4, -0.2) is 23.2 Å². The van der Waals surface area contributed by atoms with Crippen LogP contribution in [0, 0.1) is 0 Å². The van der Waals surface area contributed by atoms with Crippen molar-refractivity contribution >= 4 is 31.4 Å². The van der Waals surface area contributed by atoms with Crippen LogP contribution in [0.1, 0.15) is 13.3 Å². The third kappa shape index (κ3) is 3.65. The topological polar surface area (TPSA) is 0 Å². The number of rotatable bonds is 2. The van der Waals surface area contributed by atoms with E-state index in [4.69, 9.17) is 11.6 Å². The van der Waals surface area contributed by atoms with Crippen molar-refractivity contribution in [1.29, 1.82) is 0 Å². The monoisotopic (exact) mass is 228 g/mol. The Labute approximate surface area is 58.0 Å². The first-order chi connectivity index (χ1) is 3.18. The average molecular weight is 227 g/mol. The van der Waals surface area contributed by atoms with Crippen molar-refractivity contribution in [3.05, 3.63) is 0 Å². The Morgan fingerprint density at radius 2 is 2.00 bits per heavy atom. The molecule has 7 heavy (non-hydrogen) atoms. The van der Waals surface area contributed by atoms with Gasteiger partial charge in [-0.15, -0.1) is 0 Å². The molecule has 0 saturated carbocycles. The van der Waals surface area contributed by atoms with Gasteiger partial charge in [0.2, 0.25) is 0 Å². The summed E-state index contributed by atoms with van der Waals surface area (Å²) in [6.07, 6.45) is 1.18. The van der Waals surface area contributed by atoms with Crippen molar-refractivity contribution in [2.45, 2.75) is 26.6 Å². The van der Waals surface area contributed by atoms with Crippen LogP contribution in [0.15, 0.2) is 0 Å². The zero-order valence-corrected chi connectivity index (χ0v) is 9.29.